The molecule has 43 heavy (non-hydrogen) atoms. The first-order valence-electron chi connectivity index (χ1n) is 15.5. The van der Waals surface area contributed by atoms with Gasteiger partial charge >= 0.3 is 0 Å². The van der Waals surface area contributed by atoms with Gasteiger partial charge in [-0.05, 0) is 60.7 Å². The number of hydrogen-bond acceptors (Lipinski definition) is 8. The minimum Gasteiger partial charge on any atom is -0.507 e. The molecule has 2 heterocycles. The van der Waals surface area contributed by atoms with Crippen LogP contribution >= 0.6 is 0 Å². The summed E-state index contributed by atoms with van der Waals surface area (Å²) >= 11 is 0. The molecule has 2 saturated heterocycles. The van der Waals surface area contributed by atoms with Gasteiger partial charge in [0.05, 0.1) is 45.2 Å². The zero-order valence-electron chi connectivity index (χ0n) is 26.0. The van der Waals surface area contributed by atoms with Gasteiger partial charge in [-0.2, -0.15) is 0 Å². The molecular weight excluding hydrogens is 548 g/mol. The number of likely N-dealkylation sites (tertiary alicyclic amines) is 1. The summed E-state index contributed by atoms with van der Waals surface area (Å²) in [6.07, 6.45) is 3.79. The fourth-order valence-electron chi connectivity index (χ4n) is 5.38. The Morgan fingerprint density at radius 1 is 0.977 bits per heavy atom. The monoisotopic (exact) mass is 594 g/mol. The van der Waals surface area contributed by atoms with Crippen LogP contribution in [-0.4, -0.2) is 86.3 Å². The molecule has 2 aliphatic rings. The molecule has 0 radical (unpaired) electrons. The average molecular weight is 595 g/mol. The van der Waals surface area contributed by atoms with E-state index in [0.717, 1.165) is 38.9 Å². The lowest BCUT2D eigenvalue weighted by molar-refractivity contribution is -0.140. The Balaban J connectivity index is 1.66. The Bertz CT molecular complexity index is 1250. The second kappa shape index (κ2) is 15.8. The number of rotatable bonds is 15. The summed E-state index contributed by atoms with van der Waals surface area (Å²) in [5.74, 6) is 0.621. The second-order valence-corrected chi connectivity index (χ2v) is 11.5. The second-order valence-electron chi connectivity index (χ2n) is 11.5. The van der Waals surface area contributed by atoms with Crippen molar-refractivity contribution in [3.05, 3.63) is 59.2 Å². The van der Waals surface area contributed by atoms with Crippen molar-refractivity contribution >= 4 is 17.4 Å². The van der Waals surface area contributed by atoms with E-state index in [-0.39, 0.29) is 11.3 Å². The van der Waals surface area contributed by atoms with E-state index in [9.17, 15) is 14.7 Å². The van der Waals surface area contributed by atoms with Gasteiger partial charge in [-0.15, -0.1) is 0 Å². The molecule has 2 fully saturated rings. The molecule has 1 unspecified atom stereocenters. The van der Waals surface area contributed by atoms with Gasteiger partial charge < -0.3 is 29.0 Å². The van der Waals surface area contributed by atoms with E-state index in [0.29, 0.717) is 73.7 Å². The number of ketones is 1. The predicted molar refractivity (Wildman–Crippen MR) is 166 cm³/mol. The molecule has 234 valence electrons. The highest BCUT2D eigenvalue weighted by Gasteiger charge is 2.46. The zero-order chi connectivity index (χ0) is 30.8. The van der Waals surface area contributed by atoms with E-state index in [2.05, 4.69) is 25.7 Å². The molecule has 1 N–H and O–H groups in total. The molecule has 2 aliphatic heterocycles. The van der Waals surface area contributed by atoms with Crippen LogP contribution in [0.5, 0.6) is 17.2 Å². The van der Waals surface area contributed by atoms with Crippen LogP contribution < -0.4 is 14.2 Å². The molecule has 4 rings (SSSR count). The van der Waals surface area contributed by atoms with Gasteiger partial charge in [0, 0.05) is 31.7 Å². The molecule has 1 amide bonds. The van der Waals surface area contributed by atoms with Crippen molar-refractivity contribution in [2.45, 2.75) is 52.5 Å². The van der Waals surface area contributed by atoms with Crippen molar-refractivity contribution in [2.75, 3.05) is 59.7 Å². The predicted octanol–water partition coefficient (Wildman–Crippen LogP) is 5.44. The Labute approximate surface area is 255 Å². The first kappa shape index (κ1) is 32.4. The van der Waals surface area contributed by atoms with Crippen LogP contribution in [0.1, 0.15) is 63.6 Å². The number of methoxy groups -OCH3 is 1. The lowest BCUT2D eigenvalue weighted by atomic mass is 9.95. The molecule has 1 atom stereocenters. The Hall–Kier alpha value is -3.56. The van der Waals surface area contributed by atoms with Crippen molar-refractivity contribution in [3.63, 3.8) is 0 Å². The normalized spacial score (nSPS) is 18.8. The highest BCUT2D eigenvalue weighted by Crippen LogP contribution is 2.42. The summed E-state index contributed by atoms with van der Waals surface area (Å²) in [6.45, 7) is 11.6. The Morgan fingerprint density at radius 3 is 2.40 bits per heavy atom. The minimum atomic E-state index is -0.774. The molecule has 0 aliphatic carbocycles. The third-order valence-corrected chi connectivity index (χ3v) is 7.74. The highest BCUT2D eigenvalue weighted by atomic mass is 16.5. The van der Waals surface area contributed by atoms with Crippen LogP contribution in [0, 0.1) is 5.92 Å². The smallest absolute Gasteiger partial charge is 0.295 e. The van der Waals surface area contributed by atoms with Gasteiger partial charge in [0.15, 0.2) is 11.5 Å². The fourth-order valence-corrected chi connectivity index (χ4v) is 5.38. The van der Waals surface area contributed by atoms with E-state index >= 15 is 0 Å². The van der Waals surface area contributed by atoms with Crippen molar-refractivity contribution in [1.82, 2.24) is 9.80 Å². The number of aliphatic hydroxyl groups excluding tert-OH is 1. The number of aliphatic hydroxyl groups is 1. The topological polar surface area (TPSA) is 97.8 Å². The number of carbonyl (C=O) groups is 2. The Morgan fingerprint density at radius 2 is 1.72 bits per heavy atom. The van der Waals surface area contributed by atoms with Gasteiger partial charge in [0.2, 0.25) is 0 Å². The van der Waals surface area contributed by atoms with Crippen LogP contribution in [0.4, 0.5) is 0 Å². The summed E-state index contributed by atoms with van der Waals surface area (Å²) in [6, 6.07) is 11.6. The van der Waals surface area contributed by atoms with Crippen LogP contribution in [0.3, 0.4) is 0 Å². The lowest BCUT2D eigenvalue weighted by Gasteiger charge is -2.29. The molecular formula is C34H46N2O7. The molecule has 9 nitrogen and oxygen atoms in total. The van der Waals surface area contributed by atoms with E-state index < -0.39 is 17.7 Å². The van der Waals surface area contributed by atoms with E-state index in [4.69, 9.17) is 18.9 Å². The van der Waals surface area contributed by atoms with Crippen molar-refractivity contribution in [1.29, 1.82) is 0 Å². The first-order valence-corrected chi connectivity index (χ1v) is 15.5. The Kier molecular flexibility index (Phi) is 11.9. The van der Waals surface area contributed by atoms with Crippen molar-refractivity contribution < 1.29 is 33.6 Å². The summed E-state index contributed by atoms with van der Waals surface area (Å²) in [5, 5.41) is 11.5. The number of Topliss-reactive ketones (excluding diaryl/α,β-unsaturated/α-hetero) is 1. The number of morpholine rings is 1. The number of carbonyl (C=O) groups excluding carboxylic acids is 2. The van der Waals surface area contributed by atoms with Crippen LogP contribution in [0.15, 0.2) is 48.0 Å². The number of benzene rings is 2. The standard InChI is InChI=1S/C34H46N2O7/c1-5-6-7-19-42-28-14-11-26(22-29(28)40-4)31-30(32(37)25-9-12-27(13-10-25)43-23-24(2)3)33(38)34(39)36(31)16-8-15-35-17-20-41-21-18-35/h9-14,22,24,31,37H,5-8,15-21,23H2,1-4H3. The molecule has 0 spiro atoms. The van der Waals surface area contributed by atoms with Gasteiger partial charge in [-0.1, -0.05) is 39.7 Å². The van der Waals surface area contributed by atoms with E-state index in [1.807, 2.05) is 12.1 Å². The van der Waals surface area contributed by atoms with E-state index in [1.165, 1.54) is 0 Å². The van der Waals surface area contributed by atoms with Gasteiger partial charge in [0.1, 0.15) is 11.5 Å². The van der Waals surface area contributed by atoms with E-state index in [1.54, 1.807) is 42.3 Å². The molecule has 0 bridgehead atoms. The van der Waals surface area contributed by atoms with Crippen molar-refractivity contribution in [2.24, 2.45) is 5.92 Å². The minimum absolute atomic E-state index is 0.0610. The first-order chi connectivity index (χ1) is 20.8. The van der Waals surface area contributed by atoms with Crippen LogP contribution in [-0.2, 0) is 14.3 Å². The number of hydrogen-bond donors (Lipinski definition) is 1. The number of amides is 1. The SMILES string of the molecule is CCCCCOc1ccc(C2C(=C(O)c3ccc(OCC(C)C)cc3)C(=O)C(=O)N2CCCN2CCOCC2)cc1OC. The number of nitrogens with zero attached hydrogens (tertiary/aromatic N) is 2. The average Bonchev–Trinajstić information content (AvgIpc) is 3.27. The van der Waals surface area contributed by atoms with Gasteiger partial charge in [-0.3, -0.25) is 14.5 Å². The summed E-state index contributed by atoms with van der Waals surface area (Å²) in [4.78, 5) is 30.9. The molecule has 2 aromatic carbocycles. The summed E-state index contributed by atoms with van der Waals surface area (Å²) in [5.41, 5.74) is 1.17. The maximum absolute atomic E-state index is 13.5. The van der Waals surface area contributed by atoms with Crippen molar-refractivity contribution in [3.8, 4) is 17.2 Å². The summed E-state index contributed by atoms with van der Waals surface area (Å²) < 4.78 is 22.9. The van der Waals surface area contributed by atoms with Gasteiger partial charge in [-0.25, -0.2) is 0 Å². The molecule has 9 heteroatoms. The molecule has 2 aromatic rings. The van der Waals surface area contributed by atoms with Crippen LogP contribution in [0.2, 0.25) is 0 Å². The maximum atomic E-state index is 13.5. The summed E-state index contributed by atoms with van der Waals surface area (Å²) in [7, 11) is 1.57. The van der Waals surface area contributed by atoms with Gasteiger partial charge in [0.25, 0.3) is 11.7 Å². The highest BCUT2D eigenvalue weighted by molar-refractivity contribution is 6.46. The fraction of sp³-hybridized carbons (Fsp3) is 0.529. The molecule has 0 saturated carbocycles. The third-order valence-electron chi connectivity index (χ3n) is 7.74. The zero-order valence-corrected chi connectivity index (χ0v) is 26.0. The number of ether oxygens (including phenoxy) is 4. The van der Waals surface area contributed by atoms with Crippen LogP contribution in [0.25, 0.3) is 5.76 Å². The quantitative estimate of drug-likeness (QED) is 0.126. The molecule has 0 aromatic heterocycles. The third kappa shape index (κ3) is 8.30. The number of unbranched alkanes of at least 4 members (excludes halogenated alkanes) is 2. The largest absolute Gasteiger partial charge is 0.507 e. The lowest BCUT2D eigenvalue weighted by Crippen LogP contribution is -2.39. The maximum Gasteiger partial charge on any atom is 0.295 e.